The van der Waals surface area contributed by atoms with Crippen LogP contribution < -0.4 is 4.72 Å². The van der Waals surface area contributed by atoms with Gasteiger partial charge in [0.05, 0.1) is 11.4 Å². The van der Waals surface area contributed by atoms with Crippen LogP contribution in [0.25, 0.3) is 0 Å². The van der Waals surface area contributed by atoms with Crippen LogP contribution in [0.1, 0.15) is 39.0 Å². The highest BCUT2D eigenvalue weighted by molar-refractivity contribution is 7.92. The maximum absolute atomic E-state index is 11.8. The maximum atomic E-state index is 11.8. The van der Waals surface area contributed by atoms with Crippen molar-refractivity contribution in [3.63, 3.8) is 0 Å². The molecule has 102 valence electrons. The van der Waals surface area contributed by atoms with Crippen LogP contribution in [0.3, 0.4) is 0 Å². The van der Waals surface area contributed by atoms with Crippen LogP contribution in [-0.2, 0) is 10.0 Å². The lowest BCUT2D eigenvalue weighted by molar-refractivity contribution is 0.477. The minimum Gasteiger partial charge on any atom is -0.506 e. The number of phenols is 1. The van der Waals surface area contributed by atoms with E-state index in [1.165, 1.54) is 6.07 Å². The van der Waals surface area contributed by atoms with E-state index in [1.54, 1.807) is 18.2 Å². The summed E-state index contributed by atoms with van der Waals surface area (Å²) in [6.45, 7) is 2.12. The largest absolute Gasteiger partial charge is 0.506 e. The van der Waals surface area contributed by atoms with Crippen LogP contribution >= 0.6 is 0 Å². The zero-order chi connectivity index (χ0) is 13.4. The van der Waals surface area contributed by atoms with E-state index in [2.05, 4.69) is 11.6 Å². The number of anilines is 1. The topological polar surface area (TPSA) is 66.4 Å². The molecule has 0 aliphatic rings. The van der Waals surface area contributed by atoms with Crippen LogP contribution in [0.5, 0.6) is 5.75 Å². The first-order valence-electron chi connectivity index (χ1n) is 6.33. The van der Waals surface area contributed by atoms with E-state index in [-0.39, 0.29) is 17.2 Å². The zero-order valence-electron chi connectivity index (χ0n) is 10.7. The second-order valence-electron chi connectivity index (χ2n) is 4.35. The molecule has 0 radical (unpaired) electrons. The zero-order valence-corrected chi connectivity index (χ0v) is 11.5. The quantitative estimate of drug-likeness (QED) is 0.564. The van der Waals surface area contributed by atoms with Gasteiger partial charge in [0.25, 0.3) is 0 Å². The third kappa shape index (κ3) is 5.40. The molecule has 4 nitrogen and oxygen atoms in total. The number of sulfonamides is 1. The van der Waals surface area contributed by atoms with E-state index in [0.717, 1.165) is 25.7 Å². The van der Waals surface area contributed by atoms with E-state index in [4.69, 9.17) is 0 Å². The minimum atomic E-state index is -3.35. The average Bonchev–Trinajstić information content (AvgIpc) is 2.31. The highest BCUT2D eigenvalue weighted by Crippen LogP contribution is 2.22. The molecular weight excluding hydrogens is 250 g/mol. The summed E-state index contributed by atoms with van der Waals surface area (Å²) in [5.41, 5.74) is 0.242. The summed E-state index contributed by atoms with van der Waals surface area (Å²) >= 11 is 0. The summed E-state index contributed by atoms with van der Waals surface area (Å²) in [4.78, 5) is 0. The van der Waals surface area contributed by atoms with Crippen LogP contribution in [0, 0.1) is 0 Å². The standard InChI is InChI=1S/C13H21NO3S/c1-2-3-4-5-8-11-18(16,17)14-12-9-6-7-10-13(12)15/h6-7,9-10,14-15H,2-5,8,11H2,1H3. The Morgan fingerprint density at radius 2 is 1.78 bits per heavy atom. The molecule has 0 aliphatic carbocycles. The lowest BCUT2D eigenvalue weighted by Gasteiger charge is -2.09. The van der Waals surface area contributed by atoms with Crippen molar-refractivity contribution in [3.05, 3.63) is 24.3 Å². The molecule has 0 amide bonds. The number of hydrogen-bond donors (Lipinski definition) is 2. The van der Waals surface area contributed by atoms with Gasteiger partial charge >= 0.3 is 0 Å². The molecule has 0 spiro atoms. The van der Waals surface area contributed by atoms with E-state index < -0.39 is 10.0 Å². The van der Waals surface area contributed by atoms with E-state index in [0.29, 0.717) is 6.42 Å². The monoisotopic (exact) mass is 271 g/mol. The summed E-state index contributed by atoms with van der Waals surface area (Å²) in [5.74, 6) is 0.0532. The normalized spacial score (nSPS) is 11.4. The summed E-state index contributed by atoms with van der Waals surface area (Å²) in [6, 6.07) is 6.33. The summed E-state index contributed by atoms with van der Waals surface area (Å²) in [6.07, 6.45) is 4.94. The second kappa shape index (κ2) is 7.26. The van der Waals surface area contributed by atoms with E-state index in [1.807, 2.05) is 0 Å². The minimum absolute atomic E-state index is 0.0490. The number of unbranched alkanes of at least 4 members (excludes halogenated alkanes) is 4. The van der Waals surface area contributed by atoms with Crippen molar-refractivity contribution in [2.45, 2.75) is 39.0 Å². The molecule has 2 N–H and O–H groups in total. The van der Waals surface area contributed by atoms with Gasteiger partial charge in [-0.25, -0.2) is 8.42 Å². The number of hydrogen-bond acceptors (Lipinski definition) is 3. The van der Waals surface area contributed by atoms with Crippen LogP contribution in [0.4, 0.5) is 5.69 Å². The fourth-order valence-corrected chi connectivity index (χ4v) is 2.87. The SMILES string of the molecule is CCCCCCCS(=O)(=O)Nc1ccccc1O. The Morgan fingerprint density at radius 3 is 2.44 bits per heavy atom. The Labute approximate surface area is 109 Å². The van der Waals surface area contributed by atoms with Gasteiger partial charge in [0.15, 0.2) is 0 Å². The van der Waals surface area contributed by atoms with Gasteiger partial charge in [-0.1, -0.05) is 44.7 Å². The van der Waals surface area contributed by atoms with Gasteiger partial charge in [0.1, 0.15) is 5.75 Å². The fourth-order valence-electron chi connectivity index (χ4n) is 1.67. The molecular formula is C13H21NO3S. The summed E-state index contributed by atoms with van der Waals surface area (Å²) < 4.78 is 25.9. The molecule has 0 aromatic heterocycles. The Bertz CT molecular complexity index is 457. The highest BCUT2D eigenvalue weighted by Gasteiger charge is 2.11. The van der Waals surface area contributed by atoms with Crippen molar-refractivity contribution in [2.75, 3.05) is 10.5 Å². The van der Waals surface area contributed by atoms with E-state index >= 15 is 0 Å². The molecule has 1 aromatic rings. The first-order valence-corrected chi connectivity index (χ1v) is 7.99. The number of aromatic hydroxyl groups is 1. The Balaban J connectivity index is 2.43. The predicted octanol–water partition coefficient (Wildman–Crippen LogP) is 3.10. The van der Waals surface area contributed by atoms with Gasteiger partial charge < -0.3 is 5.11 Å². The number of para-hydroxylation sites is 2. The molecule has 0 atom stereocenters. The molecule has 18 heavy (non-hydrogen) atoms. The molecule has 0 unspecified atom stereocenters. The van der Waals surface area contributed by atoms with Crippen molar-refractivity contribution in [3.8, 4) is 5.75 Å². The van der Waals surface area contributed by atoms with Crippen LogP contribution in [0.2, 0.25) is 0 Å². The fraction of sp³-hybridized carbons (Fsp3) is 0.538. The molecule has 0 fully saturated rings. The van der Waals surface area contributed by atoms with Crippen molar-refractivity contribution in [2.24, 2.45) is 0 Å². The first kappa shape index (κ1) is 14.8. The van der Waals surface area contributed by atoms with Crippen molar-refractivity contribution in [1.29, 1.82) is 0 Å². The number of phenolic OH excluding ortho intramolecular Hbond substituents is 1. The third-order valence-corrected chi connectivity index (χ3v) is 4.04. The van der Waals surface area contributed by atoms with E-state index in [9.17, 15) is 13.5 Å². The van der Waals surface area contributed by atoms with Crippen molar-refractivity contribution >= 4 is 15.7 Å². The molecule has 0 heterocycles. The van der Waals surface area contributed by atoms with Gasteiger partial charge in [0, 0.05) is 0 Å². The molecule has 0 aliphatic heterocycles. The average molecular weight is 271 g/mol. The van der Waals surface area contributed by atoms with Crippen LogP contribution in [-0.4, -0.2) is 19.3 Å². The molecule has 0 saturated heterocycles. The first-order chi connectivity index (χ1) is 8.55. The molecule has 0 bridgehead atoms. The van der Waals surface area contributed by atoms with Gasteiger partial charge in [-0.2, -0.15) is 0 Å². The molecule has 5 heteroatoms. The molecule has 0 saturated carbocycles. The van der Waals surface area contributed by atoms with Gasteiger partial charge in [-0.3, -0.25) is 4.72 Å². The van der Waals surface area contributed by atoms with Gasteiger partial charge in [-0.15, -0.1) is 0 Å². The molecule has 1 rings (SSSR count). The van der Waals surface area contributed by atoms with Gasteiger partial charge in [-0.05, 0) is 18.6 Å². The highest BCUT2D eigenvalue weighted by atomic mass is 32.2. The second-order valence-corrected chi connectivity index (χ2v) is 6.19. The maximum Gasteiger partial charge on any atom is 0.232 e. The van der Waals surface area contributed by atoms with Crippen LogP contribution in [0.15, 0.2) is 24.3 Å². The number of benzene rings is 1. The van der Waals surface area contributed by atoms with Crippen molar-refractivity contribution < 1.29 is 13.5 Å². The smallest absolute Gasteiger partial charge is 0.232 e. The van der Waals surface area contributed by atoms with Crippen molar-refractivity contribution in [1.82, 2.24) is 0 Å². The number of nitrogens with one attached hydrogen (secondary N) is 1. The van der Waals surface area contributed by atoms with Gasteiger partial charge in [0.2, 0.25) is 10.0 Å². The Hall–Kier alpha value is -1.23. The molecule has 1 aromatic carbocycles. The summed E-state index contributed by atoms with van der Waals surface area (Å²) in [7, 11) is -3.35. The lowest BCUT2D eigenvalue weighted by atomic mass is 10.2. The third-order valence-electron chi connectivity index (χ3n) is 2.69. The Kier molecular flexibility index (Phi) is 5.98. The Morgan fingerprint density at radius 1 is 1.11 bits per heavy atom. The predicted molar refractivity (Wildman–Crippen MR) is 74.3 cm³/mol. The summed E-state index contributed by atoms with van der Waals surface area (Å²) in [5, 5.41) is 9.49. The number of rotatable bonds is 8. The lowest BCUT2D eigenvalue weighted by Crippen LogP contribution is -2.16.